The van der Waals surface area contributed by atoms with E-state index in [0.717, 1.165) is 32.9 Å². The molecule has 26 heavy (non-hydrogen) atoms. The molecule has 0 bridgehead atoms. The van der Waals surface area contributed by atoms with Gasteiger partial charge in [0, 0.05) is 31.6 Å². The molecule has 5 rings (SSSR count). The minimum absolute atomic E-state index is 0.708. The molecule has 3 aromatic carbocycles. The molecule has 0 spiro atoms. The summed E-state index contributed by atoms with van der Waals surface area (Å²) in [6, 6.07) is 26.4. The highest BCUT2D eigenvalue weighted by Crippen LogP contribution is 2.39. The molecule has 0 fully saturated rings. The Kier molecular flexibility index (Phi) is 3.70. The Morgan fingerprint density at radius 2 is 1.42 bits per heavy atom. The van der Waals surface area contributed by atoms with Crippen LogP contribution < -0.4 is 0 Å². The van der Waals surface area contributed by atoms with Crippen LogP contribution in [-0.4, -0.2) is 9.97 Å². The van der Waals surface area contributed by atoms with Gasteiger partial charge in [0.05, 0.1) is 5.69 Å². The molecule has 124 valence electrons. The van der Waals surface area contributed by atoms with Crippen molar-refractivity contribution in [2.45, 2.75) is 0 Å². The number of rotatable bonds is 2. The molecule has 0 aliphatic rings. The lowest BCUT2D eigenvalue weighted by Crippen LogP contribution is -1.93. The van der Waals surface area contributed by atoms with Crippen LogP contribution in [0.25, 0.3) is 42.9 Å². The van der Waals surface area contributed by atoms with Gasteiger partial charge in [0.1, 0.15) is 4.83 Å². The van der Waals surface area contributed by atoms with Crippen molar-refractivity contribution >= 4 is 43.2 Å². The zero-order valence-corrected chi connectivity index (χ0v) is 15.3. The van der Waals surface area contributed by atoms with Crippen LogP contribution in [0.5, 0.6) is 0 Å². The van der Waals surface area contributed by atoms with Crippen LogP contribution in [0.1, 0.15) is 0 Å². The highest BCUT2D eigenvalue weighted by Gasteiger charge is 2.16. The highest BCUT2D eigenvalue weighted by atomic mass is 35.5. The minimum Gasteiger partial charge on any atom is -0.227 e. The summed E-state index contributed by atoms with van der Waals surface area (Å²) in [5, 5.41) is 3.03. The van der Waals surface area contributed by atoms with Crippen LogP contribution in [-0.2, 0) is 0 Å². The van der Waals surface area contributed by atoms with Crippen molar-refractivity contribution in [1.82, 2.24) is 9.97 Å². The first kappa shape index (κ1) is 15.5. The van der Waals surface area contributed by atoms with E-state index in [-0.39, 0.29) is 0 Å². The van der Waals surface area contributed by atoms with Crippen molar-refractivity contribution in [1.29, 1.82) is 0 Å². The van der Waals surface area contributed by atoms with Gasteiger partial charge in [0.15, 0.2) is 5.82 Å². The molecular weight excluding hydrogens is 360 g/mol. The predicted molar refractivity (Wildman–Crippen MR) is 111 cm³/mol. The number of fused-ring (bicyclic) bond motifs is 3. The number of hydrogen-bond donors (Lipinski definition) is 0. The topological polar surface area (TPSA) is 25.8 Å². The minimum atomic E-state index is 0.708. The van der Waals surface area contributed by atoms with Crippen LogP contribution in [0.2, 0.25) is 5.02 Å². The van der Waals surface area contributed by atoms with E-state index in [2.05, 4.69) is 36.4 Å². The highest BCUT2D eigenvalue weighted by molar-refractivity contribution is 7.25. The summed E-state index contributed by atoms with van der Waals surface area (Å²) >= 11 is 7.74. The van der Waals surface area contributed by atoms with Crippen molar-refractivity contribution in [3.8, 4) is 22.6 Å². The number of aromatic nitrogens is 2. The third-order valence-electron chi connectivity index (χ3n) is 4.39. The molecule has 0 atom stereocenters. The molecule has 2 aromatic heterocycles. The standard InChI is InChI=1S/C22H13ClN2S/c23-16-12-10-15(11-13-16)21-24-20(14-6-2-1-3-7-14)19-17-8-4-5-9-18(17)26-22(19)25-21/h1-13H. The summed E-state index contributed by atoms with van der Waals surface area (Å²) in [6.07, 6.45) is 0. The molecule has 5 aromatic rings. The molecule has 0 amide bonds. The molecule has 0 saturated carbocycles. The van der Waals surface area contributed by atoms with Crippen LogP contribution in [0.15, 0.2) is 78.9 Å². The summed E-state index contributed by atoms with van der Waals surface area (Å²) in [7, 11) is 0. The summed E-state index contributed by atoms with van der Waals surface area (Å²) in [5.74, 6) is 0.722. The molecule has 0 radical (unpaired) electrons. The fourth-order valence-electron chi connectivity index (χ4n) is 3.16. The number of halogens is 1. The summed E-state index contributed by atoms with van der Waals surface area (Å²) in [6.45, 7) is 0. The first-order valence-electron chi connectivity index (χ1n) is 8.30. The molecule has 2 nitrogen and oxygen atoms in total. The molecule has 0 aliphatic heterocycles. The Balaban J connectivity index is 1.87. The van der Waals surface area contributed by atoms with E-state index in [4.69, 9.17) is 21.6 Å². The normalized spacial score (nSPS) is 11.3. The average Bonchev–Trinajstić information content (AvgIpc) is 3.07. The van der Waals surface area contributed by atoms with Gasteiger partial charge in [-0.15, -0.1) is 11.3 Å². The monoisotopic (exact) mass is 372 g/mol. The number of nitrogens with zero attached hydrogens (tertiary/aromatic N) is 2. The molecule has 0 N–H and O–H groups in total. The third-order valence-corrected chi connectivity index (χ3v) is 5.71. The second-order valence-corrected chi connectivity index (χ2v) is 7.51. The van der Waals surface area contributed by atoms with E-state index < -0.39 is 0 Å². The summed E-state index contributed by atoms with van der Waals surface area (Å²) in [5.41, 5.74) is 3.03. The maximum Gasteiger partial charge on any atom is 0.161 e. The van der Waals surface area contributed by atoms with Gasteiger partial charge in [-0.2, -0.15) is 0 Å². The zero-order chi connectivity index (χ0) is 17.5. The lowest BCUT2D eigenvalue weighted by molar-refractivity contribution is 1.24. The number of thiophene rings is 1. The molecule has 0 saturated heterocycles. The largest absolute Gasteiger partial charge is 0.227 e. The SMILES string of the molecule is Clc1ccc(-c2nc(-c3ccccc3)c3c(n2)sc2ccccc23)cc1. The fourth-order valence-corrected chi connectivity index (χ4v) is 4.36. The molecule has 2 heterocycles. The van der Waals surface area contributed by atoms with Gasteiger partial charge in [-0.25, -0.2) is 9.97 Å². The van der Waals surface area contributed by atoms with Gasteiger partial charge < -0.3 is 0 Å². The first-order valence-corrected chi connectivity index (χ1v) is 9.50. The fraction of sp³-hybridized carbons (Fsp3) is 0. The van der Waals surface area contributed by atoms with Crippen LogP contribution in [0.4, 0.5) is 0 Å². The second kappa shape index (κ2) is 6.20. The van der Waals surface area contributed by atoms with Gasteiger partial charge in [-0.1, -0.05) is 60.1 Å². The lowest BCUT2D eigenvalue weighted by Gasteiger charge is -2.07. The smallest absolute Gasteiger partial charge is 0.161 e. The van der Waals surface area contributed by atoms with Gasteiger partial charge in [0.2, 0.25) is 0 Å². The van der Waals surface area contributed by atoms with Crippen LogP contribution in [0, 0.1) is 0 Å². The van der Waals surface area contributed by atoms with E-state index in [0.29, 0.717) is 5.02 Å². The van der Waals surface area contributed by atoms with Crippen molar-refractivity contribution in [2.75, 3.05) is 0 Å². The summed E-state index contributed by atoms with van der Waals surface area (Å²) in [4.78, 5) is 10.8. The molecular formula is C22H13ClN2S. The average molecular weight is 373 g/mol. The summed E-state index contributed by atoms with van der Waals surface area (Å²) < 4.78 is 1.22. The van der Waals surface area contributed by atoms with Crippen molar-refractivity contribution in [3.63, 3.8) is 0 Å². The quantitative estimate of drug-likeness (QED) is 0.339. The predicted octanol–water partition coefficient (Wildman–Crippen LogP) is 6.83. The maximum atomic E-state index is 6.04. The Labute approximate surface area is 159 Å². The van der Waals surface area contributed by atoms with Crippen molar-refractivity contribution in [3.05, 3.63) is 83.9 Å². The van der Waals surface area contributed by atoms with Gasteiger partial charge in [-0.05, 0) is 30.3 Å². The van der Waals surface area contributed by atoms with Gasteiger partial charge >= 0.3 is 0 Å². The Bertz CT molecular complexity index is 1230. The van der Waals surface area contributed by atoms with E-state index in [1.54, 1.807) is 11.3 Å². The van der Waals surface area contributed by atoms with Crippen LogP contribution in [0.3, 0.4) is 0 Å². The zero-order valence-electron chi connectivity index (χ0n) is 13.7. The van der Waals surface area contributed by atoms with Crippen molar-refractivity contribution < 1.29 is 0 Å². The lowest BCUT2D eigenvalue weighted by atomic mass is 10.1. The van der Waals surface area contributed by atoms with E-state index >= 15 is 0 Å². The number of hydrogen-bond acceptors (Lipinski definition) is 3. The number of benzene rings is 3. The molecule has 4 heteroatoms. The van der Waals surface area contributed by atoms with Crippen molar-refractivity contribution in [2.24, 2.45) is 0 Å². The Morgan fingerprint density at radius 3 is 2.23 bits per heavy atom. The Hall–Kier alpha value is -2.75. The van der Waals surface area contributed by atoms with E-state index in [1.165, 1.54) is 10.1 Å². The molecule has 0 aliphatic carbocycles. The first-order chi connectivity index (χ1) is 12.8. The Morgan fingerprint density at radius 1 is 0.692 bits per heavy atom. The third kappa shape index (κ3) is 2.57. The molecule has 0 unspecified atom stereocenters. The maximum absolute atomic E-state index is 6.04. The van der Waals surface area contributed by atoms with E-state index in [1.807, 2.05) is 42.5 Å². The second-order valence-electron chi connectivity index (χ2n) is 6.05. The van der Waals surface area contributed by atoms with Gasteiger partial charge in [0.25, 0.3) is 0 Å². The van der Waals surface area contributed by atoms with Crippen LogP contribution >= 0.6 is 22.9 Å². The van der Waals surface area contributed by atoms with E-state index in [9.17, 15) is 0 Å². The van der Waals surface area contributed by atoms with Gasteiger partial charge in [-0.3, -0.25) is 0 Å².